The molecule has 0 aliphatic heterocycles. The Bertz CT molecular complexity index is 555. The molecule has 0 saturated carbocycles. The minimum Gasteiger partial charge on any atom is -0.508 e. The molecular weight excluding hydrogens is 264 g/mol. The highest BCUT2D eigenvalue weighted by Crippen LogP contribution is 2.24. The quantitative estimate of drug-likeness (QED) is 0.909. The molecule has 0 spiro atoms. The maximum Gasteiger partial charge on any atom is 0.123 e. The summed E-state index contributed by atoms with van der Waals surface area (Å²) in [5, 5.41) is 9.94. The Balaban J connectivity index is 1.96. The number of phenolic OH excluding ortho intramolecular Hbond substituents is 1. The fourth-order valence-corrected chi connectivity index (χ4v) is 1.89. The van der Waals surface area contributed by atoms with Gasteiger partial charge in [0, 0.05) is 17.5 Å². The molecule has 4 heteroatoms. The third-order valence-corrected chi connectivity index (χ3v) is 2.87. The monoisotopic (exact) mass is 277 g/mol. The predicted octanol–water partition coefficient (Wildman–Crippen LogP) is 3.48. The van der Waals surface area contributed by atoms with Crippen LogP contribution in [0.3, 0.4) is 0 Å². The molecule has 0 amide bonds. The second kappa shape index (κ2) is 6.34. The number of phenols is 1. The van der Waals surface area contributed by atoms with E-state index >= 15 is 0 Å². The Morgan fingerprint density at radius 1 is 1.26 bits per heavy atom. The van der Waals surface area contributed by atoms with Gasteiger partial charge in [-0.15, -0.1) is 0 Å². The van der Waals surface area contributed by atoms with E-state index in [4.69, 9.17) is 21.1 Å². The molecule has 0 atom stereocenters. The van der Waals surface area contributed by atoms with E-state index in [0.29, 0.717) is 23.8 Å². The lowest BCUT2D eigenvalue weighted by Gasteiger charge is -2.10. The maximum atomic E-state index is 9.30. The van der Waals surface area contributed by atoms with E-state index in [0.717, 1.165) is 11.3 Å². The van der Waals surface area contributed by atoms with Crippen molar-refractivity contribution in [2.24, 2.45) is 0 Å². The highest BCUT2D eigenvalue weighted by molar-refractivity contribution is 6.30. The molecule has 0 unspecified atom stereocenters. The summed E-state index contributed by atoms with van der Waals surface area (Å²) in [4.78, 5) is 0. The van der Waals surface area contributed by atoms with Crippen molar-refractivity contribution in [2.45, 2.75) is 6.42 Å². The van der Waals surface area contributed by atoms with Gasteiger partial charge in [-0.25, -0.2) is 0 Å². The largest absolute Gasteiger partial charge is 0.508 e. The predicted molar refractivity (Wildman–Crippen MR) is 74.1 cm³/mol. The van der Waals surface area contributed by atoms with Gasteiger partial charge in [0.2, 0.25) is 0 Å². The van der Waals surface area contributed by atoms with Gasteiger partial charge in [0.1, 0.15) is 17.2 Å². The first-order valence-electron chi connectivity index (χ1n) is 5.84. The number of hydrogen-bond donors (Lipinski definition) is 1. The van der Waals surface area contributed by atoms with Crippen LogP contribution >= 0.6 is 11.6 Å². The summed E-state index contributed by atoms with van der Waals surface area (Å²) in [5.41, 5.74) is 1.02. The van der Waals surface area contributed by atoms with Gasteiger partial charge < -0.3 is 14.6 Å². The van der Waals surface area contributed by atoms with E-state index in [9.17, 15) is 5.11 Å². The fourth-order valence-electron chi connectivity index (χ4n) is 1.73. The average molecular weight is 278 g/mol. The Labute approximate surface area is 117 Å². The zero-order valence-corrected chi connectivity index (χ0v) is 11.3. The van der Waals surface area contributed by atoms with Gasteiger partial charge in [0.15, 0.2) is 0 Å². The van der Waals surface area contributed by atoms with Crippen LogP contribution in [-0.4, -0.2) is 18.8 Å². The standard InChI is InChI=1S/C15H14ClO3/c1-18-15-9-12(16)6-5-11(15)7-8-19-14-4-2-3-13(17)10-14/h3-6,9-10,17H,7-8H2,1H3. The van der Waals surface area contributed by atoms with Crippen molar-refractivity contribution < 1.29 is 14.6 Å². The van der Waals surface area contributed by atoms with E-state index in [1.54, 1.807) is 25.3 Å². The van der Waals surface area contributed by atoms with Crippen molar-refractivity contribution in [3.63, 3.8) is 0 Å². The van der Waals surface area contributed by atoms with Crippen LogP contribution in [-0.2, 0) is 6.42 Å². The third-order valence-electron chi connectivity index (χ3n) is 2.64. The molecule has 0 saturated heterocycles. The van der Waals surface area contributed by atoms with E-state index in [1.165, 1.54) is 6.07 Å². The second-order valence-corrected chi connectivity index (χ2v) is 4.42. The summed E-state index contributed by atoms with van der Waals surface area (Å²) < 4.78 is 10.8. The van der Waals surface area contributed by atoms with E-state index in [2.05, 4.69) is 6.07 Å². The fraction of sp³-hybridized carbons (Fsp3) is 0.200. The van der Waals surface area contributed by atoms with Crippen molar-refractivity contribution in [2.75, 3.05) is 13.7 Å². The number of methoxy groups -OCH3 is 1. The Hall–Kier alpha value is -1.87. The van der Waals surface area contributed by atoms with Crippen molar-refractivity contribution in [1.82, 2.24) is 0 Å². The van der Waals surface area contributed by atoms with Crippen LogP contribution < -0.4 is 9.47 Å². The first kappa shape index (κ1) is 13.6. The van der Waals surface area contributed by atoms with Crippen molar-refractivity contribution in [1.29, 1.82) is 0 Å². The number of hydrogen-bond acceptors (Lipinski definition) is 3. The smallest absolute Gasteiger partial charge is 0.123 e. The number of halogens is 1. The molecule has 0 aromatic heterocycles. The molecule has 0 aliphatic rings. The van der Waals surface area contributed by atoms with Crippen LogP contribution in [0.2, 0.25) is 5.02 Å². The van der Waals surface area contributed by atoms with Gasteiger partial charge >= 0.3 is 0 Å². The molecule has 1 N–H and O–H groups in total. The Morgan fingerprint density at radius 2 is 2.11 bits per heavy atom. The van der Waals surface area contributed by atoms with Crippen LogP contribution in [0.1, 0.15) is 5.56 Å². The summed E-state index contributed by atoms with van der Waals surface area (Å²) in [5.74, 6) is 1.48. The molecule has 2 aromatic carbocycles. The number of benzene rings is 2. The molecule has 19 heavy (non-hydrogen) atoms. The van der Waals surface area contributed by atoms with Gasteiger partial charge in [0.25, 0.3) is 0 Å². The van der Waals surface area contributed by atoms with Gasteiger partial charge in [-0.3, -0.25) is 0 Å². The SMILES string of the molecule is COc1cc(Cl)ccc1CCOc1c[c]cc(O)c1. The molecule has 2 aromatic rings. The number of ether oxygens (including phenoxy) is 2. The molecule has 1 radical (unpaired) electrons. The highest BCUT2D eigenvalue weighted by atomic mass is 35.5. The van der Waals surface area contributed by atoms with Crippen LogP contribution in [0.25, 0.3) is 0 Å². The zero-order valence-electron chi connectivity index (χ0n) is 10.5. The minimum absolute atomic E-state index is 0.140. The molecule has 0 heterocycles. The molecular formula is C15H14ClO3. The summed E-state index contributed by atoms with van der Waals surface area (Å²) in [6, 6.07) is 13.0. The molecule has 3 nitrogen and oxygen atoms in total. The molecule has 0 aliphatic carbocycles. The minimum atomic E-state index is 0.140. The zero-order chi connectivity index (χ0) is 13.7. The lowest BCUT2D eigenvalue weighted by atomic mass is 10.1. The van der Waals surface area contributed by atoms with Crippen LogP contribution in [0.5, 0.6) is 17.2 Å². The Kier molecular flexibility index (Phi) is 4.53. The summed E-state index contributed by atoms with van der Waals surface area (Å²) in [6.07, 6.45) is 0.690. The number of rotatable bonds is 5. The third kappa shape index (κ3) is 3.80. The lowest BCUT2D eigenvalue weighted by molar-refractivity contribution is 0.316. The van der Waals surface area contributed by atoms with Crippen LogP contribution in [0.15, 0.2) is 36.4 Å². The summed E-state index contributed by atoms with van der Waals surface area (Å²) in [7, 11) is 1.61. The number of aromatic hydroxyl groups is 1. The first-order chi connectivity index (χ1) is 9.19. The van der Waals surface area contributed by atoms with Gasteiger partial charge in [-0.1, -0.05) is 17.7 Å². The topological polar surface area (TPSA) is 38.7 Å². The summed E-state index contributed by atoms with van der Waals surface area (Å²) in [6.45, 7) is 0.481. The Morgan fingerprint density at radius 3 is 2.84 bits per heavy atom. The summed E-state index contributed by atoms with van der Waals surface area (Å²) >= 11 is 5.90. The first-order valence-corrected chi connectivity index (χ1v) is 6.22. The highest BCUT2D eigenvalue weighted by Gasteiger charge is 2.04. The molecule has 0 fully saturated rings. The second-order valence-electron chi connectivity index (χ2n) is 3.98. The molecule has 99 valence electrons. The van der Waals surface area contributed by atoms with Crippen molar-refractivity contribution >= 4 is 11.6 Å². The maximum absolute atomic E-state index is 9.30. The van der Waals surface area contributed by atoms with E-state index in [-0.39, 0.29) is 5.75 Å². The normalized spacial score (nSPS) is 10.2. The van der Waals surface area contributed by atoms with Gasteiger partial charge in [0.05, 0.1) is 13.7 Å². The van der Waals surface area contributed by atoms with Crippen molar-refractivity contribution in [3.05, 3.63) is 53.1 Å². The molecule has 2 rings (SSSR count). The van der Waals surface area contributed by atoms with E-state index < -0.39 is 0 Å². The van der Waals surface area contributed by atoms with E-state index in [1.807, 2.05) is 12.1 Å². The van der Waals surface area contributed by atoms with Crippen LogP contribution in [0.4, 0.5) is 0 Å². The molecule has 0 bridgehead atoms. The average Bonchev–Trinajstić information content (AvgIpc) is 2.40. The van der Waals surface area contributed by atoms with Crippen LogP contribution in [0, 0.1) is 6.07 Å². The van der Waals surface area contributed by atoms with Gasteiger partial charge in [-0.05, 0) is 35.9 Å². The lowest BCUT2D eigenvalue weighted by Crippen LogP contribution is -2.02. The van der Waals surface area contributed by atoms with Crippen molar-refractivity contribution in [3.8, 4) is 17.2 Å². The van der Waals surface area contributed by atoms with Gasteiger partial charge in [-0.2, -0.15) is 0 Å².